The first-order valence-corrected chi connectivity index (χ1v) is 10.4. The number of hydrogen-bond acceptors (Lipinski definition) is 6. The predicted octanol–water partition coefficient (Wildman–Crippen LogP) is 4.71. The Morgan fingerprint density at radius 1 is 1.30 bits per heavy atom. The van der Waals surface area contributed by atoms with Crippen molar-refractivity contribution in [3.63, 3.8) is 0 Å². The molecule has 0 saturated heterocycles. The second-order valence-corrected chi connectivity index (χ2v) is 8.00. The summed E-state index contributed by atoms with van der Waals surface area (Å²) in [7, 11) is 0. The number of halogens is 2. The number of nitro groups is 1. The van der Waals surface area contributed by atoms with Gasteiger partial charge in [-0.2, -0.15) is 0 Å². The molecule has 0 unspecified atom stereocenters. The third kappa shape index (κ3) is 4.29. The van der Waals surface area contributed by atoms with Crippen LogP contribution in [0.3, 0.4) is 0 Å². The number of thioether (sulfide) groups is 1. The van der Waals surface area contributed by atoms with Crippen LogP contribution in [0, 0.1) is 15.9 Å². The molecule has 0 aliphatic heterocycles. The fourth-order valence-electron chi connectivity index (χ4n) is 2.90. The number of aromatic nitrogens is 3. The summed E-state index contributed by atoms with van der Waals surface area (Å²) in [5, 5.41) is 22.3. The summed E-state index contributed by atoms with van der Waals surface area (Å²) < 4.78 is 16.1. The van der Waals surface area contributed by atoms with Gasteiger partial charge in [0.25, 0.3) is 5.69 Å². The number of non-ortho nitro benzene ring substituents is 1. The number of carbonyl (C=O) groups excluding carboxylic acids is 1. The Hall–Kier alpha value is -2.98. The van der Waals surface area contributed by atoms with Crippen LogP contribution in [0.2, 0.25) is 5.02 Å². The third-order valence-electron chi connectivity index (χ3n) is 4.46. The van der Waals surface area contributed by atoms with E-state index in [2.05, 4.69) is 15.5 Å². The van der Waals surface area contributed by atoms with Gasteiger partial charge in [0, 0.05) is 18.2 Å². The van der Waals surface area contributed by atoms with Gasteiger partial charge in [0.05, 0.1) is 26.9 Å². The number of benzene rings is 2. The Morgan fingerprint density at radius 3 is 2.73 bits per heavy atom. The molecular formula is C19H15ClFN5O3S. The lowest BCUT2D eigenvalue weighted by Crippen LogP contribution is -2.15. The summed E-state index contributed by atoms with van der Waals surface area (Å²) in [6.07, 6.45) is 1.88. The normalized spacial score (nSPS) is 13.3. The van der Waals surface area contributed by atoms with Gasteiger partial charge in [0.15, 0.2) is 11.0 Å². The number of anilines is 1. The van der Waals surface area contributed by atoms with Gasteiger partial charge >= 0.3 is 0 Å². The molecule has 154 valence electrons. The fourth-order valence-corrected chi connectivity index (χ4v) is 3.93. The first-order valence-electron chi connectivity index (χ1n) is 9.00. The molecule has 1 N–H and O–H groups in total. The van der Waals surface area contributed by atoms with E-state index in [1.165, 1.54) is 36.0 Å². The summed E-state index contributed by atoms with van der Waals surface area (Å²) in [6, 6.07) is 10.4. The number of amides is 1. The Morgan fingerprint density at radius 2 is 2.07 bits per heavy atom. The number of nitrogens with zero attached hydrogens (tertiary/aromatic N) is 4. The Kier molecular flexibility index (Phi) is 5.69. The first kappa shape index (κ1) is 20.3. The van der Waals surface area contributed by atoms with E-state index < -0.39 is 4.92 Å². The molecule has 1 fully saturated rings. The average molecular weight is 448 g/mol. The maximum absolute atomic E-state index is 14.2. The van der Waals surface area contributed by atoms with E-state index in [0.29, 0.717) is 16.5 Å². The van der Waals surface area contributed by atoms with Crippen molar-refractivity contribution < 1.29 is 14.1 Å². The van der Waals surface area contributed by atoms with Crippen LogP contribution in [0.4, 0.5) is 15.8 Å². The van der Waals surface area contributed by atoms with Crippen LogP contribution >= 0.6 is 23.4 Å². The standard InChI is InChI=1S/C19H15ClFN5O3S/c20-14-9-12(26(28)29)7-8-16(14)22-17(27)10-30-19-24-23-18(25(19)11-5-6-11)13-3-1-2-4-15(13)21/h1-4,7-9,11H,5-6,10H2,(H,22,27). The van der Waals surface area contributed by atoms with Crippen LogP contribution in [-0.4, -0.2) is 31.3 Å². The summed E-state index contributed by atoms with van der Waals surface area (Å²) in [5.74, 6) is -0.269. The highest BCUT2D eigenvalue weighted by molar-refractivity contribution is 7.99. The van der Waals surface area contributed by atoms with E-state index in [1.807, 2.05) is 4.57 Å². The topological polar surface area (TPSA) is 103 Å². The van der Waals surface area contributed by atoms with Crippen LogP contribution in [0.15, 0.2) is 47.6 Å². The van der Waals surface area contributed by atoms with E-state index in [-0.39, 0.29) is 39.9 Å². The summed E-state index contributed by atoms with van der Waals surface area (Å²) in [4.78, 5) is 22.6. The minimum absolute atomic E-state index is 0.0233. The van der Waals surface area contributed by atoms with Gasteiger partial charge in [-0.25, -0.2) is 4.39 Å². The van der Waals surface area contributed by atoms with Crippen molar-refractivity contribution in [3.8, 4) is 11.4 Å². The van der Waals surface area contributed by atoms with Gasteiger partial charge in [-0.1, -0.05) is 35.5 Å². The van der Waals surface area contributed by atoms with Crippen LogP contribution in [-0.2, 0) is 4.79 Å². The highest BCUT2D eigenvalue weighted by atomic mass is 35.5. The predicted molar refractivity (Wildman–Crippen MR) is 111 cm³/mol. The van der Waals surface area contributed by atoms with E-state index in [9.17, 15) is 19.3 Å². The Balaban J connectivity index is 1.47. The van der Waals surface area contributed by atoms with Gasteiger partial charge in [0.2, 0.25) is 5.91 Å². The molecule has 0 bridgehead atoms. The number of nitrogens with one attached hydrogen (secondary N) is 1. The number of hydrogen-bond donors (Lipinski definition) is 1. The Labute approximate surface area is 179 Å². The van der Waals surface area contributed by atoms with Crippen LogP contribution in [0.25, 0.3) is 11.4 Å². The monoisotopic (exact) mass is 447 g/mol. The Bertz CT molecular complexity index is 1140. The number of rotatable bonds is 7. The maximum atomic E-state index is 14.2. The maximum Gasteiger partial charge on any atom is 0.271 e. The lowest BCUT2D eigenvalue weighted by Gasteiger charge is -2.10. The van der Waals surface area contributed by atoms with Gasteiger partial charge < -0.3 is 5.32 Å². The summed E-state index contributed by atoms with van der Waals surface area (Å²) in [5.41, 5.74) is 0.486. The van der Waals surface area contributed by atoms with Crippen molar-refractivity contribution in [1.82, 2.24) is 14.8 Å². The van der Waals surface area contributed by atoms with Gasteiger partial charge in [-0.15, -0.1) is 10.2 Å². The van der Waals surface area contributed by atoms with Crippen LogP contribution in [0.5, 0.6) is 0 Å². The molecule has 4 rings (SSSR count). The minimum Gasteiger partial charge on any atom is -0.324 e. The molecule has 8 nitrogen and oxygen atoms in total. The number of nitro benzene ring substituents is 1. The van der Waals surface area contributed by atoms with Crippen molar-refractivity contribution in [2.24, 2.45) is 0 Å². The minimum atomic E-state index is -0.564. The zero-order chi connectivity index (χ0) is 21.3. The van der Waals surface area contributed by atoms with Crippen LogP contribution in [0.1, 0.15) is 18.9 Å². The van der Waals surface area contributed by atoms with Crippen molar-refractivity contribution in [2.75, 3.05) is 11.1 Å². The molecule has 1 aliphatic carbocycles. The van der Waals surface area contributed by atoms with Crippen molar-refractivity contribution in [2.45, 2.75) is 24.0 Å². The lowest BCUT2D eigenvalue weighted by molar-refractivity contribution is -0.384. The summed E-state index contributed by atoms with van der Waals surface area (Å²) >= 11 is 7.19. The molecule has 1 aliphatic rings. The van der Waals surface area contributed by atoms with Gasteiger partial charge in [0.1, 0.15) is 5.82 Å². The lowest BCUT2D eigenvalue weighted by atomic mass is 10.2. The van der Waals surface area contributed by atoms with Gasteiger partial charge in [-0.3, -0.25) is 19.5 Å². The highest BCUT2D eigenvalue weighted by Gasteiger charge is 2.31. The molecule has 3 aromatic rings. The quantitative estimate of drug-likeness (QED) is 0.319. The molecule has 30 heavy (non-hydrogen) atoms. The van der Waals surface area contributed by atoms with Crippen LogP contribution < -0.4 is 5.32 Å². The van der Waals surface area contributed by atoms with Gasteiger partial charge in [-0.05, 0) is 31.0 Å². The van der Waals surface area contributed by atoms with E-state index in [4.69, 9.17) is 11.6 Å². The van der Waals surface area contributed by atoms with E-state index >= 15 is 0 Å². The fraction of sp³-hybridized carbons (Fsp3) is 0.211. The molecule has 0 atom stereocenters. The van der Waals surface area contributed by atoms with E-state index in [0.717, 1.165) is 12.8 Å². The molecule has 1 saturated carbocycles. The number of carbonyl (C=O) groups is 1. The zero-order valence-corrected chi connectivity index (χ0v) is 17.0. The largest absolute Gasteiger partial charge is 0.324 e. The molecule has 0 spiro atoms. The van der Waals surface area contributed by atoms with E-state index in [1.54, 1.807) is 18.2 Å². The van der Waals surface area contributed by atoms with Crippen molar-refractivity contribution in [3.05, 3.63) is 63.4 Å². The molecule has 11 heteroatoms. The summed E-state index contributed by atoms with van der Waals surface area (Å²) in [6.45, 7) is 0. The molecule has 0 radical (unpaired) electrons. The van der Waals surface area contributed by atoms with Crippen molar-refractivity contribution >= 4 is 40.6 Å². The molecular weight excluding hydrogens is 433 g/mol. The first-order chi connectivity index (χ1) is 14.4. The molecule has 1 heterocycles. The second kappa shape index (κ2) is 8.41. The smallest absolute Gasteiger partial charge is 0.271 e. The average Bonchev–Trinajstić information content (AvgIpc) is 3.47. The van der Waals surface area contributed by atoms with Crippen molar-refractivity contribution in [1.29, 1.82) is 0 Å². The second-order valence-electron chi connectivity index (χ2n) is 6.65. The highest BCUT2D eigenvalue weighted by Crippen LogP contribution is 2.41. The third-order valence-corrected chi connectivity index (χ3v) is 5.72. The molecule has 1 aromatic heterocycles. The SMILES string of the molecule is O=C(CSc1nnc(-c2ccccc2F)n1C1CC1)Nc1ccc([N+](=O)[O-])cc1Cl. The molecule has 1 amide bonds. The zero-order valence-electron chi connectivity index (χ0n) is 15.4. The molecule has 2 aromatic carbocycles.